The van der Waals surface area contributed by atoms with Gasteiger partial charge in [0.15, 0.2) is 5.11 Å². The maximum absolute atomic E-state index is 12.8. The maximum Gasteiger partial charge on any atom is 0.253 e. The van der Waals surface area contributed by atoms with Gasteiger partial charge in [0.25, 0.3) is 5.91 Å². The van der Waals surface area contributed by atoms with Gasteiger partial charge in [0.05, 0.1) is 17.3 Å². The predicted octanol–water partition coefficient (Wildman–Crippen LogP) is 5.01. The lowest BCUT2D eigenvalue weighted by Gasteiger charge is -2.17. The summed E-state index contributed by atoms with van der Waals surface area (Å²) in [5.41, 5.74) is 4.02. The second kappa shape index (κ2) is 11.0. The molecule has 5 nitrogen and oxygen atoms in total. The third-order valence-electron chi connectivity index (χ3n) is 4.81. The fraction of sp³-hybridized carbons (Fsp3) is 0.115. The summed E-state index contributed by atoms with van der Waals surface area (Å²) in [6.07, 6.45) is 3.13. The van der Waals surface area contributed by atoms with E-state index in [-0.39, 0.29) is 23.0 Å². The van der Waals surface area contributed by atoms with E-state index in [1.54, 1.807) is 30.3 Å². The molecule has 162 valence electrons. The molecule has 3 N–H and O–H groups in total. The number of rotatable bonds is 6. The molecule has 2 amide bonds. The first-order chi connectivity index (χ1) is 15.4. The Morgan fingerprint density at radius 1 is 0.906 bits per heavy atom. The number of anilines is 1. The lowest BCUT2D eigenvalue weighted by Crippen LogP contribution is -2.34. The van der Waals surface area contributed by atoms with Crippen LogP contribution in [0.2, 0.25) is 0 Å². The molecule has 6 heteroatoms. The third-order valence-corrected chi connectivity index (χ3v) is 5.01. The fourth-order valence-corrected chi connectivity index (χ4v) is 3.26. The van der Waals surface area contributed by atoms with Crippen LogP contribution in [-0.4, -0.2) is 16.9 Å². The number of carbonyl (C=O) groups is 2. The number of hydrogen-bond acceptors (Lipinski definition) is 3. The van der Waals surface area contributed by atoms with Crippen molar-refractivity contribution < 1.29 is 9.59 Å². The van der Waals surface area contributed by atoms with Gasteiger partial charge in [-0.05, 0) is 55.4 Å². The molecule has 0 aromatic heterocycles. The van der Waals surface area contributed by atoms with Gasteiger partial charge in [-0.3, -0.25) is 14.9 Å². The quantitative estimate of drug-likeness (QED) is 0.370. The molecule has 0 aliphatic heterocycles. The minimum absolute atomic E-state index is 0.111. The Balaban J connectivity index is 1.61. The summed E-state index contributed by atoms with van der Waals surface area (Å²) in [5, 5.41) is 8.65. The van der Waals surface area contributed by atoms with Crippen molar-refractivity contribution in [2.75, 3.05) is 5.32 Å². The normalized spacial score (nSPS) is 11.6. The first kappa shape index (κ1) is 22.9. The Hall–Kier alpha value is -3.77. The number of amides is 2. The van der Waals surface area contributed by atoms with E-state index in [4.69, 9.17) is 12.2 Å². The van der Waals surface area contributed by atoms with Gasteiger partial charge in [-0.25, -0.2) is 0 Å². The number of benzene rings is 3. The zero-order valence-electron chi connectivity index (χ0n) is 18.0. The molecule has 0 bridgehead atoms. The van der Waals surface area contributed by atoms with Crippen LogP contribution in [0.25, 0.3) is 6.08 Å². The lowest BCUT2D eigenvalue weighted by molar-refractivity contribution is -0.115. The SMILES string of the molecule is Cc1ccc(C=CC(=O)NC(=S)Nc2ccccc2C(=O)NC(C)c2ccccc2)cc1. The number of para-hydroxylation sites is 1. The molecule has 0 saturated heterocycles. The summed E-state index contributed by atoms with van der Waals surface area (Å²) < 4.78 is 0. The summed E-state index contributed by atoms with van der Waals surface area (Å²) in [5.74, 6) is -0.597. The van der Waals surface area contributed by atoms with Gasteiger partial charge in [-0.1, -0.05) is 72.3 Å². The van der Waals surface area contributed by atoms with E-state index in [9.17, 15) is 9.59 Å². The Morgan fingerprint density at radius 3 is 2.28 bits per heavy atom. The highest BCUT2D eigenvalue weighted by Gasteiger charge is 2.15. The van der Waals surface area contributed by atoms with E-state index in [1.165, 1.54) is 6.08 Å². The molecule has 3 aromatic carbocycles. The molecule has 1 atom stereocenters. The lowest BCUT2D eigenvalue weighted by atomic mass is 10.1. The molecule has 0 aliphatic carbocycles. The Bertz CT molecular complexity index is 1130. The first-order valence-electron chi connectivity index (χ1n) is 10.2. The molecule has 3 aromatic rings. The van der Waals surface area contributed by atoms with Crippen molar-refractivity contribution >= 4 is 40.9 Å². The van der Waals surface area contributed by atoms with Crippen LogP contribution in [0, 0.1) is 6.92 Å². The van der Waals surface area contributed by atoms with Crippen molar-refractivity contribution in [1.82, 2.24) is 10.6 Å². The molecule has 1 unspecified atom stereocenters. The molecule has 0 fully saturated rings. The minimum atomic E-state index is -0.359. The molecule has 3 rings (SSSR count). The summed E-state index contributed by atoms with van der Waals surface area (Å²) in [7, 11) is 0. The highest BCUT2D eigenvalue weighted by molar-refractivity contribution is 7.80. The second-order valence-electron chi connectivity index (χ2n) is 7.34. The zero-order chi connectivity index (χ0) is 22.9. The molecule has 0 radical (unpaired) electrons. The highest BCUT2D eigenvalue weighted by atomic mass is 32.1. The van der Waals surface area contributed by atoms with Gasteiger partial charge in [-0.15, -0.1) is 0 Å². The van der Waals surface area contributed by atoms with Gasteiger partial charge in [0, 0.05) is 6.08 Å². The van der Waals surface area contributed by atoms with E-state index in [0.717, 1.165) is 16.7 Å². The third kappa shape index (κ3) is 6.62. The molecular weight excluding hydrogens is 418 g/mol. The second-order valence-corrected chi connectivity index (χ2v) is 7.75. The summed E-state index contributed by atoms with van der Waals surface area (Å²) >= 11 is 5.26. The molecule has 0 spiro atoms. The molecule has 0 aliphatic rings. The number of aryl methyl sites for hydroxylation is 1. The van der Waals surface area contributed by atoms with Crippen molar-refractivity contribution in [3.63, 3.8) is 0 Å². The van der Waals surface area contributed by atoms with Gasteiger partial charge in [-0.2, -0.15) is 0 Å². The Morgan fingerprint density at radius 2 is 1.56 bits per heavy atom. The Labute approximate surface area is 193 Å². The van der Waals surface area contributed by atoms with Crippen molar-refractivity contribution in [2.24, 2.45) is 0 Å². The molecule has 0 heterocycles. The molecular formula is C26H25N3O2S. The van der Waals surface area contributed by atoms with Crippen LogP contribution in [0.3, 0.4) is 0 Å². The molecule has 32 heavy (non-hydrogen) atoms. The zero-order valence-corrected chi connectivity index (χ0v) is 18.8. The molecule has 0 saturated carbocycles. The van der Waals surface area contributed by atoms with Crippen LogP contribution in [0.5, 0.6) is 0 Å². The first-order valence-corrected chi connectivity index (χ1v) is 10.6. The monoisotopic (exact) mass is 443 g/mol. The van der Waals surface area contributed by atoms with E-state index in [1.807, 2.05) is 68.4 Å². The number of nitrogens with one attached hydrogen (secondary N) is 3. The van der Waals surface area contributed by atoms with Gasteiger partial charge < -0.3 is 10.6 Å². The largest absolute Gasteiger partial charge is 0.345 e. The highest BCUT2D eigenvalue weighted by Crippen LogP contribution is 2.18. The van der Waals surface area contributed by atoms with Crippen LogP contribution in [0.1, 0.15) is 40.0 Å². The van der Waals surface area contributed by atoms with Crippen molar-refractivity contribution in [2.45, 2.75) is 19.9 Å². The van der Waals surface area contributed by atoms with E-state index < -0.39 is 0 Å². The average Bonchev–Trinajstić information content (AvgIpc) is 2.79. The van der Waals surface area contributed by atoms with Gasteiger partial charge in [0.1, 0.15) is 0 Å². The summed E-state index contributed by atoms with van der Waals surface area (Å²) in [4.78, 5) is 25.0. The maximum atomic E-state index is 12.8. The minimum Gasteiger partial charge on any atom is -0.345 e. The van der Waals surface area contributed by atoms with Crippen LogP contribution in [0.15, 0.2) is 84.9 Å². The number of hydrogen-bond donors (Lipinski definition) is 3. The smallest absolute Gasteiger partial charge is 0.253 e. The van der Waals surface area contributed by atoms with Crippen molar-refractivity contribution in [1.29, 1.82) is 0 Å². The van der Waals surface area contributed by atoms with Crippen LogP contribution >= 0.6 is 12.2 Å². The van der Waals surface area contributed by atoms with E-state index in [2.05, 4.69) is 16.0 Å². The van der Waals surface area contributed by atoms with E-state index >= 15 is 0 Å². The van der Waals surface area contributed by atoms with E-state index in [0.29, 0.717) is 11.3 Å². The Kier molecular flexibility index (Phi) is 7.89. The number of thiocarbonyl (C=S) groups is 1. The fourth-order valence-electron chi connectivity index (χ4n) is 3.05. The van der Waals surface area contributed by atoms with Crippen LogP contribution < -0.4 is 16.0 Å². The summed E-state index contributed by atoms with van der Waals surface area (Å²) in [6, 6.07) is 24.4. The van der Waals surface area contributed by atoms with Gasteiger partial charge in [0.2, 0.25) is 5.91 Å². The number of carbonyl (C=O) groups excluding carboxylic acids is 2. The average molecular weight is 444 g/mol. The topological polar surface area (TPSA) is 70.2 Å². The predicted molar refractivity (Wildman–Crippen MR) is 133 cm³/mol. The van der Waals surface area contributed by atoms with Crippen molar-refractivity contribution in [3.05, 3.63) is 107 Å². The van der Waals surface area contributed by atoms with Gasteiger partial charge >= 0.3 is 0 Å². The van der Waals surface area contributed by atoms with Crippen LogP contribution in [0.4, 0.5) is 5.69 Å². The van der Waals surface area contributed by atoms with Crippen LogP contribution in [-0.2, 0) is 4.79 Å². The summed E-state index contributed by atoms with van der Waals surface area (Å²) in [6.45, 7) is 3.93. The van der Waals surface area contributed by atoms with Crippen molar-refractivity contribution in [3.8, 4) is 0 Å². The standard InChI is InChI=1S/C26H25N3O2S/c1-18-12-14-20(15-13-18)16-17-24(30)29-26(32)28-23-11-7-6-10-22(23)25(31)27-19(2)21-8-4-3-5-9-21/h3-17,19H,1-2H3,(H,27,31)(H2,28,29,30,32).